The first-order chi connectivity index (χ1) is 12.9. The summed E-state index contributed by atoms with van der Waals surface area (Å²) in [6.07, 6.45) is 4.88. The van der Waals surface area contributed by atoms with Crippen LogP contribution < -0.4 is 10.6 Å². The molecule has 0 spiro atoms. The van der Waals surface area contributed by atoms with Crippen molar-refractivity contribution in [3.63, 3.8) is 0 Å². The zero-order valence-electron chi connectivity index (χ0n) is 16.7. The fourth-order valence-electron chi connectivity index (χ4n) is 4.00. The number of aryl methyl sites for hydroxylation is 1. The third-order valence-electron chi connectivity index (χ3n) is 5.35. The van der Waals surface area contributed by atoms with Crippen LogP contribution in [0.3, 0.4) is 0 Å². The average Bonchev–Trinajstić information content (AvgIpc) is 3.29. The molecule has 3 heterocycles. The molecule has 2 N–H and O–H groups in total. The molecule has 3 rings (SSSR count). The summed E-state index contributed by atoms with van der Waals surface area (Å²) in [7, 11) is 0. The smallest absolute Gasteiger partial charge is 0.265 e. The summed E-state index contributed by atoms with van der Waals surface area (Å²) < 4.78 is 0. The maximum atomic E-state index is 13.1. The first-order valence-corrected chi connectivity index (χ1v) is 11.0. The van der Waals surface area contributed by atoms with E-state index in [0.29, 0.717) is 18.4 Å². The van der Waals surface area contributed by atoms with Gasteiger partial charge in [-0.1, -0.05) is 13.8 Å². The Balaban J connectivity index is 1.57. The monoisotopic (exact) mass is 392 g/mol. The molecule has 2 aliphatic rings. The molecule has 6 nitrogen and oxygen atoms in total. The molecular weight excluding hydrogens is 360 g/mol. The van der Waals surface area contributed by atoms with Crippen LogP contribution in [-0.2, 0) is 11.2 Å². The number of hydrogen-bond acceptors (Lipinski definition) is 5. The number of piperidine rings is 1. The van der Waals surface area contributed by atoms with Gasteiger partial charge in [-0.15, -0.1) is 11.3 Å². The van der Waals surface area contributed by atoms with Gasteiger partial charge in [0.05, 0.1) is 16.7 Å². The zero-order chi connectivity index (χ0) is 19.4. The van der Waals surface area contributed by atoms with Crippen LogP contribution in [0.1, 0.15) is 59.9 Å². The molecule has 0 bridgehead atoms. The number of thiazole rings is 1. The minimum absolute atomic E-state index is 0.0370. The fourth-order valence-corrected chi connectivity index (χ4v) is 4.91. The number of carbonyl (C=O) groups is 2. The van der Waals surface area contributed by atoms with Gasteiger partial charge in [-0.3, -0.25) is 9.59 Å². The number of amides is 2. The Hall–Kier alpha value is -1.47. The predicted octanol–water partition coefficient (Wildman–Crippen LogP) is 2.37. The summed E-state index contributed by atoms with van der Waals surface area (Å²) in [5, 5.41) is 7.28. The van der Waals surface area contributed by atoms with Crippen molar-refractivity contribution in [3.8, 4) is 0 Å². The molecule has 150 valence electrons. The molecule has 2 atom stereocenters. The zero-order valence-corrected chi connectivity index (χ0v) is 17.5. The summed E-state index contributed by atoms with van der Waals surface area (Å²) in [6, 6.07) is -0.0370. The number of rotatable bonds is 6. The van der Waals surface area contributed by atoms with E-state index in [-0.39, 0.29) is 17.9 Å². The molecule has 0 aliphatic carbocycles. The Labute approximate surface area is 166 Å². The van der Waals surface area contributed by atoms with Crippen molar-refractivity contribution >= 4 is 23.2 Å². The second-order valence-corrected chi connectivity index (χ2v) is 9.46. The van der Waals surface area contributed by atoms with Gasteiger partial charge in [-0.2, -0.15) is 0 Å². The number of carbonyl (C=O) groups excluding carboxylic acids is 2. The lowest BCUT2D eigenvalue weighted by Crippen LogP contribution is -2.46. The summed E-state index contributed by atoms with van der Waals surface area (Å²) in [5.41, 5.74) is 0.945. The SMILES string of the molecule is Cc1nc(CC(C)C)c(C(=O)N2CCCC(CNC(=O)C3CCCN3)C2)s1. The van der Waals surface area contributed by atoms with E-state index in [1.165, 1.54) is 11.3 Å². The molecule has 2 amide bonds. The molecule has 2 saturated heterocycles. The summed E-state index contributed by atoms with van der Waals surface area (Å²) in [4.78, 5) is 32.7. The molecule has 2 fully saturated rings. The lowest BCUT2D eigenvalue weighted by Gasteiger charge is -2.33. The molecule has 0 aromatic carbocycles. The van der Waals surface area contributed by atoms with Gasteiger partial charge in [0, 0.05) is 19.6 Å². The van der Waals surface area contributed by atoms with Gasteiger partial charge in [-0.25, -0.2) is 4.98 Å². The third-order valence-corrected chi connectivity index (χ3v) is 6.35. The number of hydrogen-bond donors (Lipinski definition) is 2. The van der Waals surface area contributed by atoms with E-state index in [0.717, 1.165) is 67.3 Å². The van der Waals surface area contributed by atoms with E-state index in [1.807, 2.05) is 11.8 Å². The van der Waals surface area contributed by atoms with E-state index >= 15 is 0 Å². The van der Waals surface area contributed by atoms with Gasteiger partial charge >= 0.3 is 0 Å². The van der Waals surface area contributed by atoms with Gasteiger partial charge in [0.15, 0.2) is 0 Å². The van der Waals surface area contributed by atoms with Crippen molar-refractivity contribution in [2.75, 3.05) is 26.2 Å². The molecule has 1 aromatic heterocycles. The summed E-state index contributed by atoms with van der Waals surface area (Å²) in [6.45, 7) is 9.37. The Morgan fingerprint density at radius 2 is 2.15 bits per heavy atom. The maximum absolute atomic E-state index is 13.1. The Kier molecular flexibility index (Phi) is 6.87. The molecule has 2 aliphatic heterocycles. The molecule has 27 heavy (non-hydrogen) atoms. The van der Waals surface area contributed by atoms with Crippen molar-refractivity contribution in [3.05, 3.63) is 15.6 Å². The normalized spacial score (nSPS) is 23.0. The number of aromatic nitrogens is 1. The van der Waals surface area contributed by atoms with Crippen LogP contribution in [0.4, 0.5) is 0 Å². The first kappa shape index (κ1) is 20.3. The number of nitrogens with one attached hydrogen (secondary N) is 2. The van der Waals surface area contributed by atoms with Gasteiger partial charge in [0.25, 0.3) is 5.91 Å². The molecule has 0 saturated carbocycles. The topological polar surface area (TPSA) is 74.3 Å². The summed E-state index contributed by atoms with van der Waals surface area (Å²) >= 11 is 1.51. The molecule has 1 aromatic rings. The van der Waals surface area contributed by atoms with E-state index in [2.05, 4.69) is 29.5 Å². The van der Waals surface area contributed by atoms with Crippen LogP contribution in [0.5, 0.6) is 0 Å². The number of likely N-dealkylation sites (tertiary alicyclic amines) is 1. The highest BCUT2D eigenvalue weighted by atomic mass is 32.1. The largest absolute Gasteiger partial charge is 0.354 e. The van der Waals surface area contributed by atoms with Crippen LogP contribution in [0, 0.1) is 18.8 Å². The second-order valence-electron chi connectivity index (χ2n) is 8.26. The van der Waals surface area contributed by atoms with Gasteiger partial charge in [0.2, 0.25) is 5.91 Å². The van der Waals surface area contributed by atoms with E-state index in [4.69, 9.17) is 0 Å². The molecular formula is C20H32N4O2S. The van der Waals surface area contributed by atoms with Crippen molar-refractivity contribution < 1.29 is 9.59 Å². The Morgan fingerprint density at radius 1 is 1.33 bits per heavy atom. The Bertz CT molecular complexity index is 667. The lowest BCUT2D eigenvalue weighted by molar-refractivity contribution is -0.123. The highest BCUT2D eigenvalue weighted by Crippen LogP contribution is 2.25. The highest BCUT2D eigenvalue weighted by molar-refractivity contribution is 7.13. The van der Waals surface area contributed by atoms with Crippen LogP contribution in [0.15, 0.2) is 0 Å². The van der Waals surface area contributed by atoms with Crippen LogP contribution >= 0.6 is 11.3 Å². The quantitative estimate of drug-likeness (QED) is 0.779. The van der Waals surface area contributed by atoms with Crippen molar-refractivity contribution in [1.82, 2.24) is 20.5 Å². The minimum atomic E-state index is -0.0370. The standard InChI is InChI=1S/C20H32N4O2S/c1-13(2)10-17-18(27-14(3)23-17)20(26)24-9-5-6-15(12-24)11-22-19(25)16-7-4-8-21-16/h13,15-16,21H,4-12H2,1-3H3,(H,22,25). The van der Waals surface area contributed by atoms with E-state index < -0.39 is 0 Å². The van der Waals surface area contributed by atoms with Gasteiger partial charge in [0.1, 0.15) is 4.88 Å². The average molecular weight is 393 g/mol. The maximum Gasteiger partial charge on any atom is 0.265 e. The first-order valence-electron chi connectivity index (χ1n) is 10.2. The summed E-state index contributed by atoms with van der Waals surface area (Å²) in [5.74, 6) is 1.03. The predicted molar refractivity (Wildman–Crippen MR) is 108 cm³/mol. The van der Waals surface area contributed by atoms with Crippen LogP contribution in [0.2, 0.25) is 0 Å². The minimum Gasteiger partial charge on any atom is -0.354 e. The highest BCUT2D eigenvalue weighted by Gasteiger charge is 2.29. The van der Waals surface area contributed by atoms with E-state index in [9.17, 15) is 9.59 Å². The molecule has 2 unspecified atom stereocenters. The molecule has 0 radical (unpaired) electrons. The second kappa shape index (κ2) is 9.15. The lowest BCUT2D eigenvalue weighted by atomic mass is 9.97. The van der Waals surface area contributed by atoms with Crippen molar-refractivity contribution in [2.45, 2.75) is 58.9 Å². The molecule has 7 heteroatoms. The van der Waals surface area contributed by atoms with Crippen LogP contribution in [-0.4, -0.2) is 53.9 Å². The number of nitrogens with zero attached hydrogens (tertiary/aromatic N) is 2. The van der Waals surface area contributed by atoms with Crippen molar-refractivity contribution in [1.29, 1.82) is 0 Å². The fraction of sp³-hybridized carbons (Fsp3) is 0.750. The van der Waals surface area contributed by atoms with Crippen molar-refractivity contribution in [2.24, 2.45) is 11.8 Å². The van der Waals surface area contributed by atoms with E-state index in [1.54, 1.807) is 0 Å². The van der Waals surface area contributed by atoms with Crippen LogP contribution in [0.25, 0.3) is 0 Å². The Morgan fingerprint density at radius 3 is 2.85 bits per heavy atom. The third kappa shape index (κ3) is 5.29. The van der Waals surface area contributed by atoms with Gasteiger partial charge in [-0.05, 0) is 57.4 Å². The van der Waals surface area contributed by atoms with Gasteiger partial charge < -0.3 is 15.5 Å².